The SMILES string of the molecule is C=CC(CCCCCCCCCCCCCCCCCCCCCCCCCCCCCCCCCCCCCCCCCCCCCCCCCCCCC(=O)O)C(=O)O. The molecule has 0 fully saturated rings. The van der Waals surface area contributed by atoms with Crippen molar-refractivity contribution < 1.29 is 19.8 Å². The lowest BCUT2D eigenvalue weighted by atomic mass is 10.00. The molecule has 4 nitrogen and oxygen atoms in total. The molecule has 0 aliphatic rings. The van der Waals surface area contributed by atoms with Crippen LogP contribution in [0.4, 0.5) is 0 Å². The highest BCUT2D eigenvalue weighted by molar-refractivity contribution is 5.71. The summed E-state index contributed by atoms with van der Waals surface area (Å²) < 4.78 is 0. The van der Waals surface area contributed by atoms with E-state index in [2.05, 4.69) is 6.58 Å². The maximum Gasteiger partial charge on any atom is 0.310 e. The van der Waals surface area contributed by atoms with Gasteiger partial charge in [-0.3, -0.25) is 9.59 Å². The summed E-state index contributed by atoms with van der Waals surface area (Å²) in [6.45, 7) is 3.64. The Labute approximate surface area is 382 Å². The molecule has 61 heavy (non-hydrogen) atoms. The molecule has 0 aromatic rings. The fourth-order valence-corrected chi connectivity index (χ4v) is 9.47. The summed E-state index contributed by atoms with van der Waals surface area (Å²) in [5.41, 5.74) is 0. The predicted octanol–water partition coefficient (Wildman–Crippen LogP) is 20.2. The third kappa shape index (κ3) is 52.9. The molecule has 0 aromatic heterocycles. The van der Waals surface area contributed by atoms with Gasteiger partial charge in [0.2, 0.25) is 0 Å². The number of carbonyl (C=O) groups is 2. The molecule has 0 saturated carbocycles. The van der Waals surface area contributed by atoms with Crippen LogP contribution in [0, 0.1) is 5.92 Å². The Hall–Kier alpha value is -1.32. The fraction of sp³-hybridized carbons (Fsp3) is 0.930. The van der Waals surface area contributed by atoms with Crippen molar-refractivity contribution in [3.8, 4) is 0 Å². The Morgan fingerprint density at radius 1 is 0.279 bits per heavy atom. The lowest BCUT2D eigenvalue weighted by Gasteiger charge is -2.06. The Balaban J connectivity index is 3.09. The van der Waals surface area contributed by atoms with Crippen LogP contribution in [0.5, 0.6) is 0 Å². The molecule has 4 heteroatoms. The molecule has 0 radical (unpaired) electrons. The molecule has 0 rings (SSSR count). The van der Waals surface area contributed by atoms with Crippen LogP contribution in [0.25, 0.3) is 0 Å². The molecule has 0 bridgehead atoms. The standard InChI is InChI=1S/C57H110O4/c1-2-55(57(60)61)53-51-49-47-45-43-41-39-37-35-33-31-29-27-25-23-21-19-17-15-13-11-9-7-5-3-4-6-8-10-12-14-16-18-20-22-24-26-28-30-32-34-36-38-40-42-44-46-48-50-52-54-56(58)59/h2,55H,1,3-54H2,(H,58,59)(H,60,61). The van der Waals surface area contributed by atoms with E-state index in [-0.39, 0.29) is 5.92 Å². The summed E-state index contributed by atoms with van der Waals surface area (Å²) in [6, 6.07) is 0. The maximum atomic E-state index is 11.0. The van der Waals surface area contributed by atoms with Crippen molar-refractivity contribution in [3.05, 3.63) is 12.7 Å². The van der Waals surface area contributed by atoms with Gasteiger partial charge in [-0.1, -0.05) is 321 Å². The highest BCUT2D eigenvalue weighted by Gasteiger charge is 2.11. The van der Waals surface area contributed by atoms with Crippen LogP contribution in [0.3, 0.4) is 0 Å². The van der Waals surface area contributed by atoms with Crippen LogP contribution < -0.4 is 0 Å². The highest BCUT2D eigenvalue weighted by atomic mass is 16.4. The van der Waals surface area contributed by atoms with Gasteiger partial charge in [0.1, 0.15) is 0 Å². The minimum absolute atomic E-state index is 0.343. The van der Waals surface area contributed by atoms with Crippen LogP contribution in [-0.4, -0.2) is 22.2 Å². The minimum atomic E-state index is -0.727. The zero-order chi connectivity index (χ0) is 44.2. The first-order chi connectivity index (χ1) is 30.1. The van der Waals surface area contributed by atoms with Crippen LogP contribution in [0.1, 0.15) is 334 Å². The summed E-state index contributed by atoms with van der Waals surface area (Å²) in [5.74, 6) is -1.73. The number of hydrogen-bond donors (Lipinski definition) is 2. The van der Waals surface area contributed by atoms with Crippen molar-refractivity contribution in [1.82, 2.24) is 0 Å². The van der Waals surface area contributed by atoms with Crippen LogP contribution in [0.2, 0.25) is 0 Å². The van der Waals surface area contributed by atoms with Gasteiger partial charge in [0.25, 0.3) is 0 Å². The number of aliphatic carboxylic acids is 2. The van der Waals surface area contributed by atoms with Gasteiger partial charge in [-0.25, -0.2) is 0 Å². The lowest BCUT2D eigenvalue weighted by Crippen LogP contribution is -2.10. The van der Waals surface area contributed by atoms with Gasteiger partial charge in [0, 0.05) is 6.42 Å². The van der Waals surface area contributed by atoms with E-state index in [1.165, 1.54) is 295 Å². The molecule has 0 amide bonds. The maximum absolute atomic E-state index is 11.0. The second-order valence-electron chi connectivity index (χ2n) is 19.8. The molecule has 1 atom stereocenters. The van der Waals surface area contributed by atoms with Crippen molar-refractivity contribution in [2.24, 2.45) is 5.92 Å². The number of carboxylic acid groups (broad SMARTS) is 2. The predicted molar refractivity (Wildman–Crippen MR) is 269 cm³/mol. The molecule has 0 spiro atoms. The number of hydrogen-bond acceptors (Lipinski definition) is 2. The largest absolute Gasteiger partial charge is 0.481 e. The number of carboxylic acids is 2. The van der Waals surface area contributed by atoms with E-state index in [1.54, 1.807) is 6.08 Å². The number of rotatable bonds is 55. The van der Waals surface area contributed by atoms with E-state index in [0.29, 0.717) is 6.42 Å². The molecule has 2 N–H and O–H groups in total. The molecular formula is C57H110O4. The van der Waals surface area contributed by atoms with Crippen molar-refractivity contribution in [1.29, 1.82) is 0 Å². The molecule has 0 heterocycles. The zero-order valence-corrected chi connectivity index (χ0v) is 41.3. The molecule has 0 aliphatic carbocycles. The first kappa shape index (κ1) is 59.7. The number of unbranched alkanes of at least 4 members (excludes halogenated alkanes) is 49. The average molecular weight is 860 g/mol. The third-order valence-electron chi connectivity index (χ3n) is 13.8. The van der Waals surface area contributed by atoms with E-state index in [9.17, 15) is 9.59 Å². The average Bonchev–Trinajstić information content (AvgIpc) is 3.25. The lowest BCUT2D eigenvalue weighted by molar-refractivity contribution is -0.140. The molecule has 1 unspecified atom stereocenters. The topological polar surface area (TPSA) is 74.6 Å². The summed E-state index contributed by atoms with van der Waals surface area (Å²) in [7, 11) is 0. The van der Waals surface area contributed by atoms with Crippen molar-refractivity contribution in [3.63, 3.8) is 0 Å². The minimum Gasteiger partial charge on any atom is -0.481 e. The monoisotopic (exact) mass is 859 g/mol. The highest BCUT2D eigenvalue weighted by Crippen LogP contribution is 2.19. The molecule has 0 aliphatic heterocycles. The van der Waals surface area contributed by atoms with Gasteiger partial charge < -0.3 is 10.2 Å². The van der Waals surface area contributed by atoms with E-state index >= 15 is 0 Å². The molecule has 0 saturated heterocycles. The summed E-state index contributed by atoms with van der Waals surface area (Å²) in [5, 5.41) is 17.7. The fourth-order valence-electron chi connectivity index (χ4n) is 9.47. The van der Waals surface area contributed by atoms with Crippen molar-refractivity contribution in [2.75, 3.05) is 0 Å². The van der Waals surface area contributed by atoms with Crippen LogP contribution >= 0.6 is 0 Å². The molecular weight excluding hydrogens is 749 g/mol. The Kier molecular flexibility index (Phi) is 51.9. The summed E-state index contributed by atoms with van der Waals surface area (Å²) in [4.78, 5) is 21.5. The van der Waals surface area contributed by atoms with E-state index in [0.717, 1.165) is 32.1 Å². The van der Waals surface area contributed by atoms with Crippen molar-refractivity contribution in [2.45, 2.75) is 334 Å². The zero-order valence-electron chi connectivity index (χ0n) is 41.3. The second-order valence-corrected chi connectivity index (χ2v) is 19.8. The van der Waals surface area contributed by atoms with Crippen LogP contribution in [-0.2, 0) is 9.59 Å². The smallest absolute Gasteiger partial charge is 0.310 e. The summed E-state index contributed by atoms with van der Waals surface area (Å²) in [6.07, 6.45) is 72.5. The van der Waals surface area contributed by atoms with Crippen molar-refractivity contribution >= 4 is 11.9 Å². The first-order valence-corrected chi connectivity index (χ1v) is 28.1. The van der Waals surface area contributed by atoms with Gasteiger partial charge in [0.05, 0.1) is 5.92 Å². The van der Waals surface area contributed by atoms with E-state index in [4.69, 9.17) is 10.2 Å². The van der Waals surface area contributed by atoms with Gasteiger partial charge in [-0.05, 0) is 12.8 Å². The molecule has 0 aromatic carbocycles. The van der Waals surface area contributed by atoms with Crippen LogP contribution in [0.15, 0.2) is 12.7 Å². The van der Waals surface area contributed by atoms with Gasteiger partial charge in [-0.2, -0.15) is 0 Å². The Morgan fingerprint density at radius 2 is 0.426 bits per heavy atom. The molecule has 362 valence electrons. The quantitative estimate of drug-likeness (QED) is 0.0472. The Bertz CT molecular complexity index is 869. The normalized spacial score (nSPS) is 12.0. The van der Waals surface area contributed by atoms with E-state index in [1.807, 2.05) is 0 Å². The third-order valence-corrected chi connectivity index (χ3v) is 13.8. The van der Waals surface area contributed by atoms with E-state index < -0.39 is 11.9 Å². The van der Waals surface area contributed by atoms with Gasteiger partial charge in [-0.15, -0.1) is 6.58 Å². The first-order valence-electron chi connectivity index (χ1n) is 28.1. The van der Waals surface area contributed by atoms with Gasteiger partial charge in [0.15, 0.2) is 0 Å². The summed E-state index contributed by atoms with van der Waals surface area (Å²) >= 11 is 0. The Morgan fingerprint density at radius 3 is 0.557 bits per heavy atom. The second kappa shape index (κ2) is 53.0. The van der Waals surface area contributed by atoms with Gasteiger partial charge >= 0.3 is 11.9 Å².